The molecular weight excluding hydrogens is 340 g/mol. The number of rotatable bonds is 6. The average Bonchev–Trinajstić information content (AvgIpc) is 2.67. The number of nitrogens with zero attached hydrogens (tertiary/aromatic N) is 2. The fraction of sp³-hybridized carbons (Fsp3) is 0.190. The molecule has 1 heterocycles. The van der Waals surface area contributed by atoms with Crippen molar-refractivity contribution in [2.75, 3.05) is 17.2 Å². The Kier molecular flexibility index (Phi) is 5.66. The minimum absolute atomic E-state index is 0.328. The molecule has 0 aliphatic rings. The molecule has 0 radical (unpaired) electrons. The fourth-order valence-corrected chi connectivity index (χ4v) is 2.55. The van der Waals surface area contributed by atoms with Gasteiger partial charge in [-0.25, -0.2) is 9.78 Å². The Hall–Kier alpha value is -3.41. The summed E-state index contributed by atoms with van der Waals surface area (Å²) in [7, 11) is 0. The Morgan fingerprint density at radius 1 is 1.04 bits per heavy atom. The molecule has 0 spiro atoms. The van der Waals surface area contributed by atoms with Gasteiger partial charge in [-0.3, -0.25) is 0 Å². The minimum Gasteiger partial charge on any atom is -0.462 e. The summed E-state index contributed by atoms with van der Waals surface area (Å²) in [6.07, 6.45) is 1.69. The fourth-order valence-electron chi connectivity index (χ4n) is 2.55. The Morgan fingerprint density at radius 2 is 1.81 bits per heavy atom. The molecule has 0 saturated carbocycles. The number of hydrogen-bond acceptors (Lipinski definition) is 6. The predicted molar refractivity (Wildman–Crippen MR) is 107 cm³/mol. The zero-order valence-corrected chi connectivity index (χ0v) is 15.6. The van der Waals surface area contributed by atoms with Gasteiger partial charge in [0.05, 0.1) is 12.2 Å². The third kappa shape index (κ3) is 4.61. The highest BCUT2D eigenvalue weighted by Crippen LogP contribution is 2.22. The van der Waals surface area contributed by atoms with Gasteiger partial charge in [-0.2, -0.15) is 4.98 Å². The van der Waals surface area contributed by atoms with Crippen LogP contribution in [0.4, 0.5) is 23.1 Å². The molecule has 0 atom stereocenters. The molecular formula is C21H22N4O2. The first-order valence-electron chi connectivity index (χ1n) is 8.77. The lowest BCUT2D eigenvalue weighted by atomic mass is 10.1. The van der Waals surface area contributed by atoms with Crippen molar-refractivity contribution >= 4 is 29.1 Å². The molecule has 3 aromatic rings. The standard InChI is InChI=1S/C21H22N4O2/c1-4-27-20(26)16-8-10-17(11-9-16)23-19-12-13-22-21(25-19)24-18-7-5-6-14(2)15(18)3/h5-13H,4H2,1-3H3,(H2,22,23,24,25). The molecule has 2 aromatic carbocycles. The molecule has 0 fully saturated rings. The van der Waals surface area contributed by atoms with E-state index in [-0.39, 0.29) is 5.97 Å². The van der Waals surface area contributed by atoms with Gasteiger partial charge in [0.25, 0.3) is 0 Å². The van der Waals surface area contributed by atoms with E-state index in [9.17, 15) is 4.79 Å². The Bertz CT molecular complexity index is 939. The topological polar surface area (TPSA) is 76.1 Å². The summed E-state index contributed by atoms with van der Waals surface area (Å²) in [4.78, 5) is 20.5. The van der Waals surface area contributed by atoms with Gasteiger partial charge in [0.1, 0.15) is 5.82 Å². The SMILES string of the molecule is CCOC(=O)c1ccc(Nc2ccnc(Nc3cccc(C)c3C)n2)cc1. The monoisotopic (exact) mass is 362 g/mol. The largest absolute Gasteiger partial charge is 0.462 e. The molecule has 0 aliphatic heterocycles. The van der Waals surface area contributed by atoms with Crippen molar-refractivity contribution < 1.29 is 9.53 Å². The van der Waals surface area contributed by atoms with E-state index in [1.165, 1.54) is 5.56 Å². The van der Waals surface area contributed by atoms with Crippen LogP contribution in [0.5, 0.6) is 0 Å². The second-order valence-corrected chi connectivity index (χ2v) is 6.06. The van der Waals surface area contributed by atoms with Crippen molar-refractivity contribution in [1.82, 2.24) is 9.97 Å². The summed E-state index contributed by atoms with van der Waals surface area (Å²) in [6.45, 7) is 6.27. The minimum atomic E-state index is -0.328. The van der Waals surface area contributed by atoms with Gasteiger partial charge in [-0.15, -0.1) is 0 Å². The van der Waals surface area contributed by atoms with Crippen LogP contribution >= 0.6 is 0 Å². The summed E-state index contributed by atoms with van der Waals surface area (Å²) in [5.41, 5.74) is 4.68. The molecule has 0 amide bonds. The highest BCUT2D eigenvalue weighted by atomic mass is 16.5. The van der Waals surface area contributed by atoms with Crippen molar-refractivity contribution in [1.29, 1.82) is 0 Å². The molecule has 138 valence electrons. The maximum atomic E-state index is 11.7. The molecule has 6 heteroatoms. The molecule has 0 bridgehead atoms. The summed E-state index contributed by atoms with van der Waals surface area (Å²) >= 11 is 0. The second-order valence-electron chi connectivity index (χ2n) is 6.06. The Balaban J connectivity index is 1.72. The van der Waals surface area contributed by atoms with Crippen molar-refractivity contribution in [3.63, 3.8) is 0 Å². The van der Waals surface area contributed by atoms with E-state index < -0.39 is 0 Å². The summed E-state index contributed by atoms with van der Waals surface area (Å²) in [5.74, 6) is 0.838. The number of benzene rings is 2. The molecule has 27 heavy (non-hydrogen) atoms. The molecule has 6 nitrogen and oxygen atoms in total. The van der Waals surface area contributed by atoms with Gasteiger partial charge < -0.3 is 15.4 Å². The number of hydrogen-bond donors (Lipinski definition) is 2. The van der Waals surface area contributed by atoms with Crippen LogP contribution in [0.2, 0.25) is 0 Å². The number of aromatic nitrogens is 2. The zero-order valence-electron chi connectivity index (χ0n) is 15.6. The Labute approximate surface area is 158 Å². The average molecular weight is 362 g/mol. The molecule has 0 saturated heterocycles. The van der Waals surface area contributed by atoms with Gasteiger partial charge in [-0.05, 0) is 68.3 Å². The highest BCUT2D eigenvalue weighted by molar-refractivity contribution is 5.89. The first-order chi connectivity index (χ1) is 13.1. The molecule has 0 unspecified atom stereocenters. The lowest BCUT2D eigenvalue weighted by molar-refractivity contribution is 0.0526. The Morgan fingerprint density at radius 3 is 2.56 bits per heavy atom. The summed E-state index contributed by atoms with van der Waals surface area (Å²) in [6, 6.07) is 14.9. The van der Waals surface area contributed by atoms with E-state index >= 15 is 0 Å². The van der Waals surface area contributed by atoms with Gasteiger partial charge in [0.15, 0.2) is 0 Å². The third-order valence-corrected chi connectivity index (χ3v) is 4.18. The molecule has 1 aromatic heterocycles. The van der Waals surface area contributed by atoms with Crippen LogP contribution in [-0.4, -0.2) is 22.5 Å². The zero-order chi connectivity index (χ0) is 19.2. The first kappa shape index (κ1) is 18.4. The lowest BCUT2D eigenvalue weighted by Gasteiger charge is -2.11. The number of aryl methyl sites for hydroxylation is 1. The number of anilines is 4. The van der Waals surface area contributed by atoms with Crippen molar-refractivity contribution in [3.05, 3.63) is 71.4 Å². The second kappa shape index (κ2) is 8.31. The van der Waals surface area contributed by atoms with Crippen molar-refractivity contribution in [2.45, 2.75) is 20.8 Å². The van der Waals surface area contributed by atoms with Gasteiger partial charge in [0, 0.05) is 17.6 Å². The number of nitrogens with one attached hydrogen (secondary N) is 2. The maximum Gasteiger partial charge on any atom is 0.338 e. The van der Waals surface area contributed by atoms with Crippen LogP contribution in [-0.2, 0) is 4.74 Å². The van der Waals surface area contributed by atoms with Crippen LogP contribution in [0.25, 0.3) is 0 Å². The van der Waals surface area contributed by atoms with Crippen LogP contribution in [0.1, 0.15) is 28.4 Å². The van der Waals surface area contributed by atoms with E-state index in [1.807, 2.05) is 24.3 Å². The molecule has 3 rings (SSSR count). The number of esters is 1. The third-order valence-electron chi connectivity index (χ3n) is 4.18. The van der Waals surface area contributed by atoms with Crippen LogP contribution < -0.4 is 10.6 Å². The molecule has 0 aliphatic carbocycles. The normalized spacial score (nSPS) is 10.3. The van der Waals surface area contributed by atoms with Gasteiger partial charge >= 0.3 is 5.97 Å². The van der Waals surface area contributed by atoms with E-state index in [0.717, 1.165) is 16.9 Å². The van der Waals surface area contributed by atoms with E-state index in [0.29, 0.717) is 23.9 Å². The van der Waals surface area contributed by atoms with Gasteiger partial charge in [0.2, 0.25) is 5.95 Å². The van der Waals surface area contributed by atoms with E-state index in [2.05, 4.69) is 40.5 Å². The predicted octanol–water partition coefficient (Wildman–Crippen LogP) is 4.76. The summed E-state index contributed by atoms with van der Waals surface area (Å²) < 4.78 is 4.99. The summed E-state index contributed by atoms with van der Waals surface area (Å²) in [5, 5.41) is 6.46. The number of carbonyl (C=O) groups is 1. The maximum absolute atomic E-state index is 11.7. The van der Waals surface area contributed by atoms with E-state index in [1.54, 1.807) is 31.3 Å². The highest BCUT2D eigenvalue weighted by Gasteiger charge is 2.07. The van der Waals surface area contributed by atoms with Crippen LogP contribution in [0, 0.1) is 13.8 Å². The van der Waals surface area contributed by atoms with Crippen LogP contribution in [0.15, 0.2) is 54.7 Å². The number of carbonyl (C=O) groups excluding carboxylic acids is 1. The van der Waals surface area contributed by atoms with E-state index in [4.69, 9.17) is 4.74 Å². The smallest absolute Gasteiger partial charge is 0.338 e. The number of ether oxygens (including phenoxy) is 1. The molecule has 2 N–H and O–H groups in total. The van der Waals surface area contributed by atoms with Crippen LogP contribution in [0.3, 0.4) is 0 Å². The first-order valence-corrected chi connectivity index (χ1v) is 8.77. The lowest BCUT2D eigenvalue weighted by Crippen LogP contribution is -2.04. The van der Waals surface area contributed by atoms with Crippen molar-refractivity contribution in [3.8, 4) is 0 Å². The quantitative estimate of drug-likeness (QED) is 0.616. The van der Waals surface area contributed by atoms with Crippen molar-refractivity contribution in [2.24, 2.45) is 0 Å². The van der Waals surface area contributed by atoms with Gasteiger partial charge in [-0.1, -0.05) is 12.1 Å².